The second kappa shape index (κ2) is 6.02. The van der Waals surface area contributed by atoms with Crippen LogP contribution in [0.5, 0.6) is 0 Å². The Bertz CT molecular complexity index is 639. The Hall–Kier alpha value is -2.37. The molecule has 3 rings (SSSR count). The van der Waals surface area contributed by atoms with Crippen LogP contribution in [-0.4, -0.2) is 25.0 Å². The minimum atomic E-state index is -1.13. The molecule has 6 nitrogen and oxygen atoms in total. The van der Waals surface area contributed by atoms with Gasteiger partial charge in [-0.2, -0.15) is 0 Å². The first-order chi connectivity index (χ1) is 11.0. The molecule has 4 unspecified atom stereocenters. The van der Waals surface area contributed by atoms with Crippen molar-refractivity contribution in [1.29, 1.82) is 0 Å². The van der Waals surface area contributed by atoms with Gasteiger partial charge in [-0.3, -0.25) is 4.79 Å². The summed E-state index contributed by atoms with van der Waals surface area (Å²) in [6, 6.07) is 6.31. The number of carboxylic acids is 1. The number of carbonyl (C=O) groups is 3. The maximum absolute atomic E-state index is 12.5. The molecule has 2 aliphatic carbocycles. The van der Waals surface area contributed by atoms with Crippen LogP contribution in [0.4, 0.5) is 5.69 Å². The van der Waals surface area contributed by atoms with Crippen LogP contribution in [0.25, 0.3) is 0 Å². The molecule has 2 saturated carbocycles. The highest BCUT2D eigenvalue weighted by molar-refractivity contribution is 5.96. The van der Waals surface area contributed by atoms with Gasteiger partial charge in [-0.15, -0.1) is 0 Å². The smallest absolute Gasteiger partial charge is 0.337 e. The van der Waals surface area contributed by atoms with Crippen LogP contribution in [0, 0.1) is 23.7 Å². The zero-order chi connectivity index (χ0) is 16.6. The van der Waals surface area contributed by atoms with Gasteiger partial charge in [0.05, 0.1) is 12.7 Å². The number of amides is 1. The first kappa shape index (κ1) is 15.5. The largest absolute Gasteiger partial charge is 0.550 e. The van der Waals surface area contributed by atoms with Crippen molar-refractivity contribution >= 4 is 23.5 Å². The van der Waals surface area contributed by atoms with Gasteiger partial charge in [-0.25, -0.2) is 4.79 Å². The summed E-state index contributed by atoms with van der Waals surface area (Å²) in [5, 5.41) is 14.1. The maximum Gasteiger partial charge on any atom is 0.337 e. The second-order valence-electron chi connectivity index (χ2n) is 6.26. The van der Waals surface area contributed by atoms with Crippen molar-refractivity contribution in [3.05, 3.63) is 29.8 Å². The number of hydrogen-bond donors (Lipinski definition) is 1. The molecule has 0 spiro atoms. The van der Waals surface area contributed by atoms with E-state index in [1.807, 2.05) is 0 Å². The number of anilines is 1. The molecule has 1 aromatic carbocycles. The van der Waals surface area contributed by atoms with E-state index in [9.17, 15) is 19.5 Å². The van der Waals surface area contributed by atoms with E-state index in [0.717, 1.165) is 19.3 Å². The normalized spacial score (nSPS) is 28.4. The summed E-state index contributed by atoms with van der Waals surface area (Å²) >= 11 is 0. The Labute approximate surface area is 133 Å². The first-order valence-electron chi connectivity index (χ1n) is 7.71. The van der Waals surface area contributed by atoms with Crippen LogP contribution in [0.15, 0.2) is 24.3 Å². The molecule has 122 valence electrons. The molecular formula is C17H18NO5-. The second-order valence-corrected chi connectivity index (χ2v) is 6.26. The van der Waals surface area contributed by atoms with Gasteiger partial charge in [0.1, 0.15) is 0 Å². The van der Waals surface area contributed by atoms with Gasteiger partial charge in [0.15, 0.2) is 0 Å². The molecule has 0 aromatic heterocycles. The zero-order valence-corrected chi connectivity index (χ0v) is 12.8. The number of hydrogen-bond acceptors (Lipinski definition) is 5. The van der Waals surface area contributed by atoms with E-state index in [4.69, 9.17) is 0 Å². The average Bonchev–Trinajstić information content (AvgIpc) is 3.15. The molecular weight excluding hydrogens is 298 g/mol. The van der Waals surface area contributed by atoms with Crippen LogP contribution in [-0.2, 0) is 14.3 Å². The van der Waals surface area contributed by atoms with Gasteiger partial charge in [0.2, 0.25) is 5.91 Å². The van der Waals surface area contributed by atoms with Crippen LogP contribution in [0.2, 0.25) is 0 Å². The summed E-state index contributed by atoms with van der Waals surface area (Å²) < 4.78 is 4.61. The zero-order valence-electron chi connectivity index (χ0n) is 12.8. The van der Waals surface area contributed by atoms with Crippen molar-refractivity contribution in [2.24, 2.45) is 23.7 Å². The fraction of sp³-hybridized carbons (Fsp3) is 0.471. The van der Waals surface area contributed by atoms with Crippen molar-refractivity contribution in [2.75, 3.05) is 12.4 Å². The number of methoxy groups -OCH3 is 1. The van der Waals surface area contributed by atoms with Crippen molar-refractivity contribution in [3.8, 4) is 0 Å². The molecule has 2 bridgehead atoms. The van der Waals surface area contributed by atoms with Gasteiger partial charge in [-0.1, -0.05) is 0 Å². The predicted molar refractivity (Wildman–Crippen MR) is 79.2 cm³/mol. The van der Waals surface area contributed by atoms with E-state index < -0.39 is 23.8 Å². The van der Waals surface area contributed by atoms with Gasteiger partial charge < -0.3 is 20.0 Å². The van der Waals surface area contributed by atoms with Crippen molar-refractivity contribution < 1.29 is 24.2 Å². The molecule has 2 aliphatic rings. The lowest BCUT2D eigenvalue weighted by atomic mass is 9.78. The number of carboxylic acid groups (broad SMARTS) is 1. The van der Waals surface area contributed by atoms with Gasteiger partial charge in [-0.05, 0) is 55.4 Å². The molecule has 0 heterocycles. The molecule has 0 aliphatic heterocycles. The molecule has 1 aromatic rings. The van der Waals surface area contributed by atoms with Gasteiger partial charge >= 0.3 is 5.97 Å². The molecule has 1 amide bonds. The third-order valence-electron chi connectivity index (χ3n) is 5.06. The number of rotatable bonds is 4. The predicted octanol–water partition coefficient (Wildman–Crippen LogP) is 0.824. The Kier molecular flexibility index (Phi) is 4.07. The van der Waals surface area contributed by atoms with Crippen LogP contribution < -0.4 is 10.4 Å². The molecule has 0 saturated heterocycles. The van der Waals surface area contributed by atoms with Gasteiger partial charge in [0.25, 0.3) is 0 Å². The first-order valence-corrected chi connectivity index (χ1v) is 7.71. The monoisotopic (exact) mass is 316 g/mol. The lowest BCUT2D eigenvalue weighted by Gasteiger charge is -2.30. The highest BCUT2D eigenvalue weighted by Gasteiger charge is 2.51. The molecule has 6 heteroatoms. The van der Waals surface area contributed by atoms with E-state index in [-0.39, 0.29) is 17.7 Å². The van der Waals surface area contributed by atoms with E-state index in [2.05, 4.69) is 10.1 Å². The Morgan fingerprint density at radius 2 is 1.70 bits per heavy atom. The molecule has 0 radical (unpaired) electrons. The van der Waals surface area contributed by atoms with Crippen LogP contribution in [0.1, 0.15) is 29.6 Å². The summed E-state index contributed by atoms with van der Waals surface area (Å²) in [6.07, 6.45) is 2.55. The van der Waals surface area contributed by atoms with Crippen molar-refractivity contribution in [3.63, 3.8) is 0 Å². The van der Waals surface area contributed by atoms with E-state index in [1.165, 1.54) is 7.11 Å². The fourth-order valence-electron chi connectivity index (χ4n) is 4.04. The number of aliphatic carboxylic acids is 1. The average molecular weight is 316 g/mol. The SMILES string of the molecule is COC(=O)c1ccc(NC(=O)C2C3CCC(C3)C2C(=O)[O-])cc1. The Morgan fingerprint density at radius 1 is 1.09 bits per heavy atom. The Balaban J connectivity index is 1.71. The van der Waals surface area contributed by atoms with Gasteiger partial charge in [0, 0.05) is 23.5 Å². The lowest BCUT2D eigenvalue weighted by molar-refractivity contribution is -0.314. The summed E-state index contributed by atoms with van der Waals surface area (Å²) in [5.41, 5.74) is 0.917. The third-order valence-corrected chi connectivity index (χ3v) is 5.06. The van der Waals surface area contributed by atoms with E-state index in [1.54, 1.807) is 24.3 Å². The Morgan fingerprint density at radius 3 is 2.26 bits per heavy atom. The van der Waals surface area contributed by atoms with Crippen LogP contribution in [0.3, 0.4) is 0 Å². The highest BCUT2D eigenvalue weighted by atomic mass is 16.5. The lowest BCUT2D eigenvalue weighted by Crippen LogP contribution is -2.43. The van der Waals surface area contributed by atoms with Crippen molar-refractivity contribution in [1.82, 2.24) is 0 Å². The topological polar surface area (TPSA) is 95.5 Å². The quantitative estimate of drug-likeness (QED) is 0.830. The number of carbonyl (C=O) groups excluding carboxylic acids is 3. The highest BCUT2D eigenvalue weighted by Crippen LogP contribution is 2.52. The number of nitrogens with one attached hydrogen (secondary N) is 1. The van der Waals surface area contributed by atoms with Crippen molar-refractivity contribution in [2.45, 2.75) is 19.3 Å². The fourth-order valence-corrected chi connectivity index (χ4v) is 4.04. The number of fused-ring (bicyclic) bond motifs is 2. The summed E-state index contributed by atoms with van der Waals surface area (Å²) in [5.74, 6) is -2.90. The third kappa shape index (κ3) is 2.81. The molecule has 4 atom stereocenters. The summed E-state index contributed by atoms with van der Waals surface area (Å²) in [7, 11) is 1.30. The standard InChI is InChI=1S/C17H19NO5/c1-23-17(22)9-4-6-12(7-5-9)18-15(19)13-10-2-3-11(8-10)14(13)16(20)21/h4-7,10-11,13-14H,2-3,8H2,1H3,(H,18,19)(H,20,21)/p-1. The molecule has 23 heavy (non-hydrogen) atoms. The number of esters is 1. The van der Waals surface area contributed by atoms with E-state index >= 15 is 0 Å². The van der Waals surface area contributed by atoms with E-state index in [0.29, 0.717) is 11.3 Å². The number of benzene rings is 1. The number of ether oxygens (including phenoxy) is 1. The maximum atomic E-state index is 12.5. The van der Waals surface area contributed by atoms with Crippen LogP contribution >= 0.6 is 0 Å². The molecule has 2 fully saturated rings. The minimum Gasteiger partial charge on any atom is -0.550 e. The summed E-state index contributed by atoms with van der Waals surface area (Å²) in [6.45, 7) is 0. The summed E-state index contributed by atoms with van der Waals surface area (Å²) in [4.78, 5) is 35.2. The minimum absolute atomic E-state index is 0.0578. The molecule has 1 N–H and O–H groups in total.